The predicted octanol–water partition coefficient (Wildman–Crippen LogP) is 6.23. The third-order valence-electron chi connectivity index (χ3n) is 4.97. The van der Waals surface area contributed by atoms with Gasteiger partial charge in [0.05, 0.1) is 18.5 Å². The molecule has 0 spiro atoms. The Kier molecular flexibility index (Phi) is 9.32. The molecule has 0 aliphatic rings. The van der Waals surface area contributed by atoms with Crippen molar-refractivity contribution in [3.05, 3.63) is 70.9 Å². The summed E-state index contributed by atoms with van der Waals surface area (Å²) in [5.74, 6) is 0.465. The molecule has 1 aromatic heterocycles. The number of rotatable bonds is 12. The number of benzene rings is 2. The summed E-state index contributed by atoms with van der Waals surface area (Å²) in [6.45, 7) is 2.96. The fourth-order valence-corrected chi connectivity index (χ4v) is 3.39. The number of hydrazone groups is 1. The Morgan fingerprint density at radius 3 is 2.66 bits per heavy atom. The van der Waals surface area contributed by atoms with Gasteiger partial charge in [-0.3, -0.25) is 9.89 Å². The molecule has 3 rings (SSSR count). The highest BCUT2D eigenvalue weighted by Crippen LogP contribution is 2.21. The monoisotopic (exact) mass is 452 g/mol. The van der Waals surface area contributed by atoms with Gasteiger partial charge in [0.1, 0.15) is 11.4 Å². The lowest BCUT2D eigenvalue weighted by atomic mass is 10.1. The molecule has 0 saturated heterocycles. The lowest BCUT2D eigenvalue weighted by Gasteiger charge is -2.06. The lowest BCUT2D eigenvalue weighted by molar-refractivity contribution is 0.0950. The topological polar surface area (TPSA) is 79.4 Å². The largest absolute Gasteiger partial charge is 0.494 e. The van der Waals surface area contributed by atoms with Crippen LogP contribution in [0.4, 0.5) is 0 Å². The van der Waals surface area contributed by atoms with Crippen LogP contribution in [0.2, 0.25) is 5.02 Å². The van der Waals surface area contributed by atoms with E-state index in [0.29, 0.717) is 16.4 Å². The number of aromatic nitrogens is 2. The number of nitrogens with zero attached hydrogens (tertiary/aromatic N) is 2. The number of amides is 1. The summed E-state index contributed by atoms with van der Waals surface area (Å²) >= 11 is 5.94. The van der Waals surface area contributed by atoms with Crippen LogP contribution < -0.4 is 10.2 Å². The maximum Gasteiger partial charge on any atom is 0.289 e. The van der Waals surface area contributed by atoms with E-state index in [1.165, 1.54) is 38.3 Å². The zero-order chi connectivity index (χ0) is 22.6. The minimum atomic E-state index is -0.374. The minimum absolute atomic E-state index is 0.326. The van der Waals surface area contributed by atoms with Crippen LogP contribution in [0.25, 0.3) is 11.3 Å². The Bertz CT molecular complexity index is 1010. The minimum Gasteiger partial charge on any atom is -0.494 e. The lowest BCUT2D eigenvalue weighted by Crippen LogP contribution is -2.17. The van der Waals surface area contributed by atoms with Crippen LogP contribution in [-0.4, -0.2) is 28.9 Å². The molecule has 7 heteroatoms. The molecule has 0 atom stereocenters. The summed E-state index contributed by atoms with van der Waals surface area (Å²) in [6.07, 6.45) is 8.98. The number of hydrogen-bond donors (Lipinski definition) is 2. The van der Waals surface area contributed by atoms with Crippen LogP contribution in [0.3, 0.4) is 0 Å². The van der Waals surface area contributed by atoms with Gasteiger partial charge in [0.15, 0.2) is 0 Å². The fourth-order valence-electron chi connectivity index (χ4n) is 3.19. The molecule has 2 aromatic carbocycles. The van der Waals surface area contributed by atoms with Crippen LogP contribution in [0.5, 0.6) is 5.75 Å². The molecule has 0 bridgehead atoms. The molecule has 3 aromatic rings. The maximum absolute atomic E-state index is 12.3. The van der Waals surface area contributed by atoms with Gasteiger partial charge in [-0.25, -0.2) is 5.43 Å². The smallest absolute Gasteiger partial charge is 0.289 e. The molecule has 0 aliphatic heterocycles. The van der Waals surface area contributed by atoms with Crippen molar-refractivity contribution < 1.29 is 9.53 Å². The van der Waals surface area contributed by atoms with E-state index in [2.05, 4.69) is 27.6 Å². The maximum atomic E-state index is 12.3. The first-order valence-electron chi connectivity index (χ1n) is 11.0. The van der Waals surface area contributed by atoms with Gasteiger partial charge in [0, 0.05) is 10.6 Å². The quantitative estimate of drug-likeness (QED) is 0.194. The van der Waals surface area contributed by atoms with Crippen molar-refractivity contribution in [2.24, 2.45) is 5.10 Å². The number of unbranched alkanes of at least 4 members (excludes halogenated alkanes) is 5. The van der Waals surface area contributed by atoms with Crippen LogP contribution in [0, 0.1) is 0 Å². The second-order valence-electron chi connectivity index (χ2n) is 7.56. The van der Waals surface area contributed by atoms with E-state index in [4.69, 9.17) is 16.3 Å². The predicted molar refractivity (Wildman–Crippen MR) is 129 cm³/mol. The third-order valence-corrected chi connectivity index (χ3v) is 5.20. The number of halogens is 1. The van der Waals surface area contributed by atoms with E-state index < -0.39 is 0 Å². The molecule has 1 heterocycles. The van der Waals surface area contributed by atoms with Crippen molar-refractivity contribution >= 4 is 23.7 Å². The van der Waals surface area contributed by atoms with Gasteiger partial charge in [0.2, 0.25) is 0 Å². The van der Waals surface area contributed by atoms with E-state index in [1.807, 2.05) is 36.4 Å². The second-order valence-corrected chi connectivity index (χ2v) is 8.00. The van der Waals surface area contributed by atoms with Crippen LogP contribution in [-0.2, 0) is 0 Å². The highest BCUT2D eigenvalue weighted by Gasteiger charge is 2.10. The molecule has 0 saturated carbocycles. The van der Waals surface area contributed by atoms with Crippen LogP contribution in [0.15, 0.2) is 59.7 Å². The number of nitrogens with one attached hydrogen (secondary N) is 2. The highest BCUT2D eigenvalue weighted by molar-refractivity contribution is 6.30. The standard InChI is InChI=1S/C25H29ClN4O2/c1-2-3-4-5-6-7-15-32-22-13-11-20(12-14-22)23-17-24(29-28-23)25(31)30-27-18-19-9-8-10-21(26)16-19/h8-14,16-18H,2-7,15H2,1H3,(H,28,29)(H,30,31)/b27-18-. The van der Waals surface area contributed by atoms with Crippen molar-refractivity contribution in [1.82, 2.24) is 15.6 Å². The molecule has 0 aliphatic carbocycles. The molecule has 2 N–H and O–H groups in total. The van der Waals surface area contributed by atoms with Crippen molar-refractivity contribution in [3.63, 3.8) is 0 Å². The fraction of sp³-hybridized carbons (Fsp3) is 0.320. The number of ether oxygens (including phenoxy) is 1. The van der Waals surface area contributed by atoms with Gasteiger partial charge in [-0.15, -0.1) is 0 Å². The Balaban J connectivity index is 1.46. The molecule has 32 heavy (non-hydrogen) atoms. The van der Waals surface area contributed by atoms with Crippen molar-refractivity contribution in [1.29, 1.82) is 0 Å². The molecule has 0 radical (unpaired) electrons. The average molecular weight is 453 g/mol. The average Bonchev–Trinajstić information content (AvgIpc) is 3.29. The summed E-state index contributed by atoms with van der Waals surface area (Å²) in [5, 5.41) is 11.6. The summed E-state index contributed by atoms with van der Waals surface area (Å²) in [7, 11) is 0. The SMILES string of the molecule is CCCCCCCCOc1ccc(-c2cc(C(=O)N/N=C\c3cccc(Cl)c3)[nH]n2)cc1. The Labute approximate surface area is 194 Å². The van der Waals surface area contributed by atoms with E-state index in [9.17, 15) is 4.79 Å². The molecule has 0 fully saturated rings. The first kappa shape index (κ1) is 23.5. The van der Waals surface area contributed by atoms with Crippen LogP contribution >= 0.6 is 11.6 Å². The third kappa shape index (κ3) is 7.54. The van der Waals surface area contributed by atoms with Crippen molar-refractivity contribution in [2.45, 2.75) is 45.4 Å². The molecular weight excluding hydrogens is 424 g/mol. The Morgan fingerprint density at radius 1 is 1.09 bits per heavy atom. The zero-order valence-electron chi connectivity index (χ0n) is 18.3. The van der Waals surface area contributed by atoms with E-state index in [0.717, 1.165) is 29.9 Å². The number of H-pyrrole nitrogens is 1. The molecular formula is C25H29ClN4O2. The normalized spacial score (nSPS) is 11.1. The molecule has 1 amide bonds. The molecule has 0 unspecified atom stereocenters. The van der Waals surface area contributed by atoms with Crippen molar-refractivity contribution in [2.75, 3.05) is 6.61 Å². The van der Waals surface area contributed by atoms with Crippen molar-refractivity contribution in [3.8, 4) is 17.0 Å². The zero-order valence-corrected chi connectivity index (χ0v) is 19.1. The summed E-state index contributed by atoms with van der Waals surface area (Å²) < 4.78 is 5.82. The Hall–Kier alpha value is -3.12. The van der Waals surface area contributed by atoms with Gasteiger partial charge in [0.25, 0.3) is 5.91 Å². The van der Waals surface area contributed by atoms with Gasteiger partial charge in [-0.05, 0) is 54.4 Å². The summed E-state index contributed by atoms with van der Waals surface area (Å²) in [4.78, 5) is 12.3. The number of hydrogen-bond acceptors (Lipinski definition) is 4. The molecule has 6 nitrogen and oxygen atoms in total. The van der Waals surface area contributed by atoms with Gasteiger partial charge >= 0.3 is 0 Å². The Morgan fingerprint density at radius 2 is 1.88 bits per heavy atom. The van der Waals surface area contributed by atoms with E-state index >= 15 is 0 Å². The highest BCUT2D eigenvalue weighted by atomic mass is 35.5. The summed E-state index contributed by atoms with van der Waals surface area (Å²) in [6, 6.07) is 16.6. The number of carbonyl (C=O) groups is 1. The van der Waals surface area contributed by atoms with Gasteiger partial charge in [-0.1, -0.05) is 62.8 Å². The van der Waals surface area contributed by atoms with Gasteiger partial charge in [-0.2, -0.15) is 10.2 Å². The number of aromatic amines is 1. The second kappa shape index (κ2) is 12.7. The van der Waals surface area contributed by atoms with E-state index in [-0.39, 0.29) is 5.91 Å². The summed E-state index contributed by atoms with van der Waals surface area (Å²) in [5.41, 5.74) is 5.18. The first-order valence-corrected chi connectivity index (χ1v) is 11.4. The first-order chi connectivity index (χ1) is 15.7. The molecule has 168 valence electrons. The number of carbonyl (C=O) groups excluding carboxylic acids is 1. The van der Waals surface area contributed by atoms with E-state index in [1.54, 1.807) is 18.2 Å². The van der Waals surface area contributed by atoms with Crippen LogP contribution in [0.1, 0.15) is 61.5 Å². The van der Waals surface area contributed by atoms with Gasteiger partial charge < -0.3 is 4.74 Å².